The van der Waals surface area contributed by atoms with Gasteiger partial charge >= 0.3 is 0 Å². The Labute approximate surface area is 119 Å². The van der Waals surface area contributed by atoms with Crippen LogP contribution in [0.1, 0.15) is 16.7 Å². The summed E-state index contributed by atoms with van der Waals surface area (Å²) in [6, 6.07) is 15.2. The maximum Gasteiger partial charge on any atom is 0.0372 e. The van der Waals surface area contributed by atoms with E-state index in [0.717, 1.165) is 6.54 Å². The van der Waals surface area contributed by atoms with Crippen molar-refractivity contribution in [1.29, 1.82) is 0 Å². The molecule has 1 aliphatic heterocycles. The molecule has 0 saturated carbocycles. The minimum atomic E-state index is 0.650. The largest absolute Gasteiger partial charge is 0.384 e. The Morgan fingerprint density at radius 2 is 1.95 bits per heavy atom. The monoisotopic (exact) mass is 269 g/mol. The number of benzene rings is 2. The number of thioether (sulfide) groups is 1. The molecule has 2 heteroatoms. The van der Waals surface area contributed by atoms with E-state index in [2.05, 4.69) is 61.6 Å². The summed E-state index contributed by atoms with van der Waals surface area (Å²) in [5, 5.41) is 4.26. The molecule has 0 aromatic heterocycles. The van der Waals surface area contributed by atoms with E-state index in [9.17, 15) is 0 Å². The van der Waals surface area contributed by atoms with Crippen molar-refractivity contribution >= 4 is 17.4 Å². The third kappa shape index (κ3) is 2.64. The SMILES string of the molecule is Cc1cccc(NCC2Cc3ccccc3S2)c1C. The molecule has 1 unspecified atom stereocenters. The smallest absolute Gasteiger partial charge is 0.0372 e. The number of anilines is 1. The first-order valence-electron chi connectivity index (χ1n) is 6.78. The summed E-state index contributed by atoms with van der Waals surface area (Å²) in [7, 11) is 0. The summed E-state index contributed by atoms with van der Waals surface area (Å²) in [4.78, 5) is 1.45. The van der Waals surface area contributed by atoms with Crippen LogP contribution in [0.3, 0.4) is 0 Å². The molecule has 0 saturated heterocycles. The molecule has 1 nitrogen and oxygen atoms in total. The Morgan fingerprint density at radius 1 is 1.11 bits per heavy atom. The molecule has 0 amide bonds. The van der Waals surface area contributed by atoms with Gasteiger partial charge in [0.15, 0.2) is 0 Å². The molecule has 0 bridgehead atoms. The van der Waals surface area contributed by atoms with Crippen molar-refractivity contribution in [1.82, 2.24) is 0 Å². The fourth-order valence-electron chi connectivity index (χ4n) is 2.53. The first-order valence-corrected chi connectivity index (χ1v) is 7.66. The van der Waals surface area contributed by atoms with Crippen molar-refractivity contribution in [3.63, 3.8) is 0 Å². The van der Waals surface area contributed by atoms with Crippen LogP contribution in [0.2, 0.25) is 0 Å². The van der Waals surface area contributed by atoms with Gasteiger partial charge < -0.3 is 5.32 Å². The van der Waals surface area contributed by atoms with Crippen LogP contribution >= 0.6 is 11.8 Å². The highest BCUT2D eigenvalue weighted by molar-refractivity contribution is 8.00. The van der Waals surface area contributed by atoms with Crippen molar-refractivity contribution in [2.24, 2.45) is 0 Å². The predicted molar refractivity (Wildman–Crippen MR) is 84.2 cm³/mol. The van der Waals surface area contributed by atoms with Crippen molar-refractivity contribution in [3.05, 3.63) is 59.2 Å². The molecular weight excluding hydrogens is 250 g/mol. The van der Waals surface area contributed by atoms with Crippen molar-refractivity contribution in [2.45, 2.75) is 30.4 Å². The second-order valence-corrected chi connectivity index (χ2v) is 6.52. The molecule has 0 spiro atoms. The first-order chi connectivity index (χ1) is 9.24. The van der Waals surface area contributed by atoms with Gasteiger partial charge in [0.25, 0.3) is 0 Å². The molecule has 2 aromatic carbocycles. The fraction of sp³-hybridized carbons (Fsp3) is 0.294. The number of nitrogens with one attached hydrogen (secondary N) is 1. The predicted octanol–water partition coefficient (Wildman–Crippen LogP) is 4.43. The van der Waals surface area contributed by atoms with Gasteiger partial charge in [0.1, 0.15) is 0 Å². The maximum atomic E-state index is 3.61. The highest BCUT2D eigenvalue weighted by atomic mass is 32.2. The van der Waals surface area contributed by atoms with E-state index in [1.165, 1.54) is 33.7 Å². The molecule has 1 aliphatic rings. The molecule has 1 N–H and O–H groups in total. The second-order valence-electron chi connectivity index (χ2n) is 5.18. The Morgan fingerprint density at radius 3 is 2.79 bits per heavy atom. The topological polar surface area (TPSA) is 12.0 Å². The lowest BCUT2D eigenvalue weighted by molar-refractivity contribution is 0.898. The Hall–Kier alpha value is -1.41. The zero-order valence-corrected chi connectivity index (χ0v) is 12.3. The molecule has 1 atom stereocenters. The average Bonchev–Trinajstić information content (AvgIpc) is 2.83. The summed E-state index contributed by atoms with van der Waals surface area (Å²) in [5.74, 6) is 0. The Bertz CT molecular complexity index is 567. The van der Waals surface area contributed by atoms with E-state index in [1.54, 1.807) is 0 Å². The van der Waals surface area contributed by atoms with Gasteiger partial charge in [-0.2, -0.15) is 0 Å². The van der Waals surface area contributed by atoms with Gasteiger partial charge in [0, 0.05) is 22.4 Å². The van der Waals surface area contributed by atoms with E-state index in [4.69, 9.17) is 0 Å². The second kappa shape index (κ2) is 5.30. The lowest BCUT2D eigenvalue weighted by atomic mass is 10.1. The number of rotatable bonds is 3. The minimum Gasteiger partial charge on any atom is -0.384 e. The molecular formula is C17H19NS. The van der Waals surface area contributed by atoms with Gasteiger partial charge in [-0.1, -0.05) is 30.3 Å². The molecule has 0 radical (unpaired) electrons. The van der Waals surface area contributed by atoms with Gasteiger partial charge in [0.05, 0.1) is 0 Å². The van der Waals surface area contributed by atoms with Crippen LogP contribution in [0.15, 0.2) is 47.4 Å². The summed E-state index contributed by atoms with van der Waals surface area (Å²) >= 11 is 2.00. The van der Waals surface area contributed by atoms with Crippen LogP contribution in [0.25, 0.3) is 0 Å². The van der Waals surface area contributed by atoms with E-state index in [-0.39, 0.29) is 0 Å². The first kappa shape index (κ1) is 12.6. The average molecular weight is 269 g/mol. The summed E-state index contributed by atoms with van der Waals surface area (Å²) in [5.41, 5.74) is 5.49. The zero-order valence-electron chi connectivity index (χ0n) is 11.4. The molecule has 1 heterocycles. The van der Waals surface area contributed by atoms with E-state index < -0.39 is 0 Å². The number of aryl methyl sites for hydroxylation is 1. The highest BCUT2D eigenvalue weighted by Gasteiger charge is 2.21. The Balaban J connectivity index is 1.64. The van der Waals surface area contributed by atoms with Crippen LogP contribution in [0.5, 0.6) is 0 Å². The molecule has 0 aliphatic carbocycles. The third-order valence-electron chi connectivity index (χ3n) is 3.84. The maximum absolute atomic E-state index is 3.61. The molecule has 3 rings (SSSR count). The van der Waals surface area contributed by atoms with Crippen molar-refractivity contribution in [3.8, 4) is 0 Å². The zero-order chi connectivity index (χ0) is 13.2. The van der Waals surface area contributed by atoms with E-state index in [0.29, 0.717) is 5.25 Å². The highest BCUT2D eigenvalue weighted by Crippen LogP contribution is 2.36. The van der Waals surface area contributed by atoms with Gasteiger partial charge in [-0.05, 0) is 49.1 Å². The van der Waals surface area contributed by atoms with Crippen molar-refractivity contribution < 1.29 is 0 Å². The standard InChI is InChI=1S/C17H19NS/c1-12-6-5-8-16(13(12)2)18-11-15-10-14-7-3-4-9-17(14)19-15/h3-9,15,18H,10-11H2,1-2H3. The summed E-state index contributed by atoms with van der Waals surface area (Å²) in [6.07, 6.45) is 1.18. The minimum absolute atomic E-state index is 0.650. The van der Waals surface area contributed by atoms with Gasteiger partial charge in [-0.15, -0.1) is 11.8 Å². The summed E-state index contributed by atoms with van der Waals surface area (Å²) in [6.45, 7) is 5.39. The molecule has 98 valence electrons. The van der Waals surface area contributed by atoms with Crippen LogP contribution in [0.4, 0.5) is 5.69 Å². The lowest BCUT2D eigenvalue weighted by Crippen LogP contribution is -2.16. The van der Waals surface area contributed by atoms with Crippen molar-refractivity contribution in [2.75, 3.05) is 11.9 Å². The Kier molecular flexibility index (Phi) is 3.52. The van der Waals surface area contributed by atoms with E-state index >= 15 is 0 Å². The number of hydrogen-bond acceptors (Lipinski definition) is 2. The molecule has 2 aromatic rings. The van der Waals surface area contributed by atoms with Crippen LogP contribution < -0.4 is 5.32 Å². The lowest BCUT2D eigenvalue weighted by Gasteiger charge is -2.14. The van der Waals surface area contributed by atoms with Crippen LogP contribution in [-0.2, 0) is 6.42 Å². The van der Waals surface area contributed by atoms with Gasteiger partial charge in [-0.25, -0.2) is 0 Å². The number of hydrogen-bond donors (Lipinski definition) is 1. The molecule has 19 heavy (non-hydrogen) atoms. The molecule has 0 fully saturated rings. The van der Waals surface area contributed by atoms with Crippen LogP contribution in [0, 0.1) is 13.8 Å². The van der Waals surface area contributed by atoms with Gasteiger partial charge in [-0.3, -0.25) is 0 Å². The fourth-order valence-corrected chi connectivity index (χ4v) is 3.78. The van der Waals surface area contributed by atoms with Gasteiger partial charge in [0.2, 0.25) is 0 Å². The summed E-state index contributed by atoms with van der Waals surface area (Å²) < 4.78 is 0. The normalized spacial score (nSPS) is 17.3. The number of fused-ring (bicyclic) bond motifs is 1. The van der Waals surface area contributed by atoms with E-state index in [1.807, 2.05) is 11.8 Å². The third-order valence-corrected chi connectivity index (χ3v) is 5.16. The quantitative estimate of drug-likeness (QED) is 0.884. The van der Waals surface area contributed by atoms with Crippen LogP contribution in [-0.4, -0.2) is 11.8 Å².